The van der Waals surface area contributed by atoms with Crippen LogP contribution in [0.5, 0.6) is 5.75 Å². The van der Waals surface area contributed by atoms with Gasteiger partial charge in [-0.15, -0.1) is 11.3 Å². The van der Waals surface area contributed by atoms with E-state index in [1.54, 1.807) is 12.1 Å². The molecule has 2 rings (SSSR count). The van der Waals surface area contributed by atoms with Gasteiger partial charge in [0, 0.05) is 9.75 Å². The monoisotopic (exact) mass is 294 g/mol. The van der Waals surface area contributed by atoms with Gasteiger partial charge in [-0.2, -0.15) is 0 Å². The molecule has 0 aliphatic rings. The zero-order valence-corrected chi connectivity index (χ0v) is 12.1. The van der Waals surface area contributed by atoms with Gasteiger partial charge in [0.1, 0.15) is 12.5 Å². The van der Waals surface area contributed by atoms with Crippen molar-refractivity contribution in [2.75, 3.05) is 13.7 Å². The number of ether oxygens (including phenoxy) is 2. The van der Waals surface area contributed by atoms with Gasteiger partial charge in [0.05, 0.1) is 7.11 Å². The Morgan fingerprint density at radius 1 is 1.30 bits per heavy atom. The lowest BCUT2D eigenvalue weighted by molar-refractivity contribution is -0.143. The minimum atomic E-state index is -0.543. The molecule has 1 heterocycles. The largest absolute Gasteiger partial charge is 0.489 e. The van der Waals surface area contributed by atoms with E-state index in [9.17, 15) is 9.18 Å². The summed E-state index contributed by atoms with van der Waals surface area (Å²) in [7, 11) is 1.33. The fourth-order valence-corrected chi connectivity index (χ4v) is 2.73. The molecule has 0 saturated heterocycles. The maximum Gasteiger partial charge on any atom is 0.317 e. The SMILES string of the molecule is COC(=O)C(COc1ccccc1F)c1ccc(C)s1. The van der Waals surface area contributed by atoms with E-state index in [1.165, 1.54) is 30.6 Å². The van der Waals surface area contributed by atoms with E-state index >= 15 is 0 Å². The van der Waals surface area contributed by atoms with Gasteiger partial charge in [-0.3, -0.25) is 4.79 Å². The lowest BCUT2D eigenvalue weighted by atomic mass is 10.1. The van der Waals surface area contributed by atoms with Gasteiger partial charge in [-0.1, -0.05) is 12.1 Å². The van der Waals surface area contributed by atoms with Crippen LogP contribution in [0.15, 0.2) is 36.4 Å². The number of hydrogen-bond donors (Lipinski definition) is 0. The first kappa shape index (κ1) is 14.5. The number of aryl methyl sites for hydroxylation is 1. The predicted octanol–water partition coefficient (Wildman–Crippen LogP) is 3.53. The van der Waals surface area contributed by atoms with Crippen LogP contribution in [0, 0.1) is 12.7 Å². The fourth-order valence-electron chi connectivity index (χ4n) is 1.78. The minimum Gasteiger partial charge on any atom is -0.489 e. The van der Waals surface area contributed by atoms with Crippen LogP contribution < -0.4 is 4.74 Å². The van der Waals surface area contributed by atoms with Crippen LogP contribution in [0.2, 0.25) is 0 Å². The number of halogens is 1. The molecular formula is C15H15FO3S. The topological polar surface area (TPSA) is 35.5 Å². The second kappa shape index (κ2) is 6.52. The van der Waals surface area contributed by atoms with Gasteiger partial charge in [0.2, 0.25) is 0 Å². The summed E-state index contributed by atoms with van der Waals surface area (Å²) in [5.74, 6) is -1.24. The molecule has 0 aliphatic carbocycles. The number of benzene rings is 1. The highest BCUT2D eigenvalue weighted by Crippen LogP contribution is 2.27. The number of methoxy groups -OCH3 is 1. The van der Waals surface area contributed by atoms with Crippen LogP contribution in [-0.4, -0.2) is 19.7 Å². The molecular weight excluding hydrogens is 279 g/mol. The van der Waals surface area contributed by atoms with Crippen LogP contribution in [0.25, 0.3) is 0 Å². The Hall–Kier alpha value is -1.88. The smallest absolute Gasteiger partial charge is 0.317 e. The van der Waals surface area contributed by atoms with Crippen molar-refractivity contribution in [1.29, 1.82) is 0 Å². The molecule has 0 spiro atoms. The summed E-state index contributed by atoms with van der Waals surface area (Å²) in [5.41, 5.74) is 0. The number of para-hydroxylation sites is 1. The van der Waals surface area contributed by atoms with Crippen molar-refractivity contribution in [3.8, 4) is 5.75 Å². The van der Waals surface area contributed by atoms with Crippen molar-refractivity contribution in [2.24, 2.45) is 0 Å². The molecule has 1 unspecified atom stereocenters. The molecule has 5 heteroatoms. The number of carbonyl (C=O) groups excluding carboxylic acids is 1. The van der Waals surface area contributed by atoms with Crippen LogP contribution >= 0.6 is 11.3 Å². The molecule has 0 bridgehead atoms. The Kier molecular flexibility index (Phi) is 4.74. The Morgan fingerprint density at radius 3 is 2.65 bits per heavy atom. The van der Waals surface area contributed by atoms with Gasteiger partial charge >= 0.3 is 5.97 Å². The highest BCUT2D eigenvalue weighted by atomic mass is 32.1. The van der Waals surface area contributed by atoms with Gasteiger partial charge < -0.3 is 9.47 Å². The molecule has 0 radical (unpaired) electrons. The highest BCUT2D eigenvalue weighted by molar-refractivity contribution is 7.12. The van der Waals surface area contributed by atoms with Crippen molar-refractivity contribution in [2.45, 2.75) is 12.8 Å². The first-order valence-electron chi connectivity index (χ1n) is 6.13. The lowest BCUT2D eigenvalue weighted by Gasteiger charge is -2.14. The molecule has 0 aliphatic heterocycles. The van der Waals surface area contributed by atoms with Crippen LogP contribution in [0.1, 0.15) is 15.7 Å². The lowest BCUT2D eigenvalue weighted by Crippen LogP contribution is -2.20. The molecule has 1 atom stereocenters. The van der Waals surface area contributed by atoms with Crippen molar-refractivity contribution in [1.82, 2.24) is 0 Å². The Bertz CT molecular complexity index is 594. The van der Waals surface area contributed by atoms with E-state index < -0.39 is 11.7 Å². The third-order valence-corrected chi connectivity index (χ3v) is 3.95. The normalized spacial score (nSPS) is 11.9. The summed E-state index contributed by atoms with van der Waals surface area (Å²) < 4.78 is 23.7. The van der Waals surface area contributed by atoms with Gasteiger partial charge in [-0.05, 0) is 31.2 Å². The van der Waals surface area contributed by atoms with Crippen molar-refractivity contribution >= 4 is 17.3 Å². The molecule has 1 aromatic heterocycles. The van der Waals surface area contributed by atoms with Crippen LogP contribution in [-0.2, 0) is 9.53 Å². The van der Waals surface area contributed by atoms with Crippen LogP contribution in [0.3, 0.4) is 0 Å². The molecule has 0 amide bonds. The molecule has 3 nitrogen and oxygen atoms in total. The minimum absolute atomic E-state index is 0.0492. The van der Waals surface area contributed by atoms with E-state index in [1.807, 2.05) is 19.1 Å². The molecule has 106 valence electrons. The summed E-state index contributed by atoms with van der Waals surface area (Å²) in [6.45, 7) is 2.01. The van der Waals surface area contributed by atoms with Crippen molar-refractivity contribution in [3.05, 3.63) is 52.0 Å². The zero-order chi connectivity index (χ0) is 14.5. The average molecular weight is 294 g/mol. The second-order valence-electron chi connectivity index (χ2n) is 4.27. The van der Waals surface area contributed by atoms with Crippen molar-refractivity contribution < 1.29 is 18.7 Å². The first-order chi connectivity index (χ1) is 9.61. The number of rotatable bonds is 5. The third kappa shape index (κ3) is 3.36. The number of hydrogen-bond acceptors (Lipinski definition) is 4. The summed E-state index contributed by atoms with van der Waals surface area (Å²) in [5, 5.41) is 0. The number of thiophene rings is 1. The van der Waals surface area contributed by atoms with Gasteiger partial charge in [0.15, 0.2) is 11.6 Å². The van der Waals surface area contributed by atoms with Crippen molar-refractivity contribution in [3.63, 3.8) is 0 Å². The molecule has 0 fully saturated rings. The molecule has 1 aromatic carbocycles. The van der Waals surface area contributed by atoms with Crippen LogP contribution in [0.4, 0.5) is 4.39 Å². The predicted molar refractivity (Wildman–Crippen MR) is 75.7 cm³/mol. The highest BCUT2D eigenvalue weighted by Gasteiger charge is 2.24. The Balaban J connectivity index is 2.13. The summed E-state index contributed by atoms with van der Waals surface area (Å²) in [4.78, 5) is 13.8. The maximum atomic E-state index is 13.5. The third-order valence-electron chi connectivity index (χ3n) is 2.83. The van der Waals surface area contributed by atoms with E-state index in [2.05, 4.69) is 0 Å². The maximum absolute atomic E-state index is 13.5. The fraction of sp³-hybridized carbons (Fsp3) is 0.267. The molecule has 0 saturated carbocycles. The molecule has 20 heavy (non-hydrogen) atoms. The van der Waals surface area contributed by atoms with E-state index in [4.69, 9.17) is 9.47 Å². The summed E-state index contributed by atoms with van der Waals surface area (Å²) in [6.07, 6.45) is 0. The second-order valence-corrected chi connectivity index (χ2v) is 5.59. The van der Waals surface area contributed by atoms with E-state index in [-0.39, 0.29) is 18.3 Å². The standard InChI is InChI=1S/C15H15FO3S/c1-10-7-8-14(20-10)11(15(17)18-2)9-19-13-6-4-3-5-12(13)16/h3-8,11H,9H2,1-2H3. The van der Waals surface area contributed by atoms with Gasteiger partial charge in [-0.25, -0.2) is 4.39 Å². The Morgan fingerprint density at radius 2 is 2.05 bits per heavy atom. The van der Waals surface area contributed by atoms with Gasteiger partial charge in [0.25, 0.3) is 0 Å². The first-order valence-corrected chi connectivity index (χ1v) is 6.95. The molecule has 0 N–H and O–H groups in total. The Labute approximate surface area is 121 Å². The average Bonchev–Trinajstić information content (AvgIpc) is 2.87. The van der Waals surface area contributed by atoms with E-state index in [0.717, 1.165) is 9.75 Å². The summed E-state index contributed by atoms with van der Waals surface area (Å²) >= 11 is 1.50. The summed E-state index contributed by atoms with van der Waals surface area (Å²) in [6, 6.07) is 9.91. The quantitative estimate of drug-likeness (QED) is 0.791. The van der Waals surface area contributed by atoms with E-state index in [0.29, 0.717) is 0 Å². The zero-order valence-electron chi connectivity index (χ0n) is 11.3. The number of esters is 1. The number of carbonyl (C=O) groups is 1. The molecule has 2 aromatic rings.